The van der Waals surface area contributed by atoms with E-state index in [9.17, 15) is 0 Å². The summed E-state index contributed by atoms with van der Waals surface area (Å²) in [6.07, 6.45) is -0.116. The van der Waals surface area contributed by atoms with Gasteiger partial charge in [-0.25, -0.2) is 0 Å². The summed E-state index contributed by atoms with van der Waals surface area (Å²) in [5.74, 6) is 0. The van der Waals surface area contributed by atoms with Crippen LogP contribution in [0.25, 0.3) is 0 Å². The van der Waals surface area contributed by atoms with Crippen LogP contribution >= 0.6 is 15.9 Å². The largest absolute Gasteiger partial charge is 0.359 e. The van der Waals surface area contributed by atoms with Crippen LogP contribution in [0.5, 0.6) is 0 Å². The SMILES string of the molecule is C=NC(OC)C(C)Br. The van der Waals surface area contributed by atoms with Gasteiger partial charge in [0.25, 0.3) is 0 Å². The second-order valence-corrected chi connectivity index (χ2v) is 2.93. The van der Waals surface area contributed by atoms with Crippen LogP contribution in [0.4, 0.5) is 0 Å². The van der Waals surface area contributed by atoms with Gasteiger partial charge in [0.1, 0.15) is 0 Å². The first-order valence-corrected chi connectivity index (χ1v) is 3.26. The molecule has 48 valence electrons. The van der Waals surface area contributed by atoms with E-state index in [1.54, 1.807) is 7.11 Å². The summed E-state index contributed by atoms with van der Waals surface area (Å²) >= 11 is 3.30. The zero-order valence-electron chi connectivity index (χ0n) is 5.10. The molecule has 0 aromatic carbocycles. The first-order chi connectivity index (χ1) is 3.72. The Hall–Kier alpha value is 0.110. The molecule has 0 saturated heterocycles. The molecule has 2 nitrogen and oxygen atoms in total. The van der Waals surface area contributed by atoms with Gasteiger partial charge >= 0.3 is 0 Å². The standard InChI is InChI=1S/C5H10BrNO/c1-4(6)5(7-2)8-3/h4-5H,2H2,1,3H3. The highest BCUT2D eigenvalue weighted by Crippen LogP contribution is 2.07. The van der Waals surface area contributed by atoms with Crippen molar-refractivity contribution in [2.75, 3.05) is 7.11 Å². The highest BCUT2D eigenvalue weighted by Gasteiger charge is 2.08. The Bertz CT molecular complexity index is 74.8. The molecule has 0 spiro atoms. The molecule has 0 aliphatic heterocycles. The van der Waals surface area contributed by atoms with Gasteiger partial charge in [-0.3, -0.25) is 4.99 Å². The number of rotatable bonds is 3. The van der Waals surface area contributed by atoms with Gasteiger partial charge in [-0.2, -0.15) is 0 Å². The van der Waals surface area contributed by atoms with E-state index in [0.29, 0.717) is 0 Å². The van der Waals surface area contributed by atoms with E-state index in [1.165, 1.54) is 0 Å². The molecular formula is C5H10BrNO. The lowest BCUT2D eigenvalue weighted by atomic mass is 10.4. The van der Waals surface area contributed by atoms with E-state index in [-0.39, 0.29) is 11.1 Å². The number of hydrogen-bond acceptors (Lipinski definition) is 2. The van der Waals surface area contributed by atoms with Crippen molar-refractivity contribution in [1.82, 2.24) is 0 Å². The van der Waals surface area contributed by atoms with Crippen molar-refractivity contribution < 1.29 is 4.74 Å². The van der Waals surface area contributed by atoms with Crippen molar-refractivity contribution in [3.8, 4) is 0 Å². The fraction of sp³-hybridized carbons (Fsp3) is 0.800. The minimum absolute atomic E-state index is 0.116. The summed E-state index contributed by atoms with van der Waals surface area (Å²) in [5.41, 5.74) is 0. The van der Waals surface area contributed by atoms with Crippen LogP contribution in [0.3, 0.4) is 0 Å². The van der Waals surface area contributed by atoms with Gasteiger partial charge in [-0.1, -0.05) is 15.9 Å². The van der Waals surface area contributed by atoms with Crippen LogP contribution in [0.2, 0.25) is 0 Å². The Morgan fingerprint density at radius 3 is 2.25 bits per heavy atom. The van der Waals surface area contributed by atoms with Gasteiger partial charge in [0.05, 0.1) is 4.83 Å². The molecule has 0 bridgehead atoms. The third-order valence-corrected chi connectivity index (χ3v) is 1.27. The van der Waals surface area contributed by atoms with Gasteiger partial charge in [0, 0.05) is 7.11 Å². The Morgan fingerprint density at radius 2 is 2.25 bits per heavy atom. The van der Waals surface area contributed by atoms with Crippen molar-refractivity contribution in [3.63, 3.8) is 0 Å². The third-order valence-electron chi connectivity index (χ3n) is 0.814. The minimum atomic E-state index is -0.116. The highest BCUT2D eigenvalue weighted by molar-refractivity contribution is 9.09. The average molecular weight is 180 g/mol. The number of ether oxygens (including phenoxy) is 1. The topological polar surface area (TPSA) is 21.6 Å². The first-order valence-electron chi connectivity index (χ1n) is 2.35. The second kappa shape index (κ2) is 4.04. The minimum Gasteiger partial charge on any atom is -0.359 e. The van der Waals surface area contributed by atoms with Crippen LogP contribution in [-0.2, 0) is 4.74 Å². The molecule has 0 radical (unpaired) electrons. The highest BCUT2D eigenvalue weighted by atomic mass is 79.9. The number of nitrogens with zero attached hydrogens (tertiary/aromatic N) is 1. The Labute approximate surface area is 58.1 Å². The van der Waals surface area contributed by atoms with E-state index < -0.39 is 0 Å². The zero-order valence-corrected chi connectivity index (χ0v) is 6.68. The molecule has 0 fully saturated rings. The number of halogens is 1. The monoisotopic (exact) mass is 179 g/mol. The molecule has 8 heavy (non-hydrogen) atoms. The van der Waals surface area contributed by atoms with E-state index in [0.717, 1.165) is 0 Å². The Kier molecular flexibility index (Phi) is 4.09. The van der Waals surface area contributed by atoms with Gasteiger partial charge in [0.15, 0.2) is 6.23 Å². The molecule has 0 saturated carbocycles. The predicted molar refractivity (Wildman–Crippen MR) is 38.7 cm³/mol. The number of methoxy groups -OCH3 is 1. The maximum absolute atomic E-state index is 4.88. The molecule has 0 amide bonds. The molecule has 2 unspecified atom stereocenters. The van der Waals surface area contributed by atoms with Crippen LogP contribution < -0.4 is 0 Å². The van der Waals surface area contributed by atoms with Gasteiger partial charge in [-0.05, 0) is 13.6 Å². The summed E-state index contributed by atoms with van der Waals surface area (Å²) in [5, 5.41) is 0. The van der Waals surface area contributed by atoms with Gasteiger partial charge < -0.3 is 4.74 Å². The summed E-state index contributed by atoms with van der Waals surface area (Å²) in [4.78, 5) is 3.93. The fourth-order valence-electron chi connectivity index (χ4n) is 0.407. The summed E-state index contributed by atoms with van der Waals surface area (Å²) in [6, 6.07) is 0. The number of aliphatic imine (C=N–C) groups is 1. The maximum Gasteiger partial charge on any atom is 0.159 e. The zero-order chi connectivity index (χ0) is 6.57. The molecule has 0 heterocycles. The molecule has 0 aromatic heterocycles. The molecule has 0 N–H and O–H groups in total. The van der Waals surface area contributed by atoms with Crippen LogP contribution in [0.1, 0.15) is 6.92 Å². The van der Waals surface area contributed by atoms with E-state index in [1.807, 2.05) is 6.92 Å². The average Bonchev–Trinajstić information content (AvgIpc) is 1.69. The summed E-state index contributed by atoms with van der Waals surface area (Å²) < 4.78 is 4.88. The second-order valence-electron chi connectivity index (χ2n) is 1.49. The Morgan fingerprint density at radius 1 is 1.75 bits per heavy atom. The molecular weight excluding hydrogens is 170 g/mol. The van der Waals surface area contributed by atoms with E-state index in [4.69, 9.17) is 4.74 Å². The Balaban J connectivity index is 3.51. The van der Waals surface area contributed by atoms with Crippen molar-refractivity contribution in [1.29, 1.82) is 0 Å². The lowest BCUT2D eigenvalue weighted by Gasteiger charge is -2.10. The fourth-order valence-corrected chi connectivity index (χ4v) is 0.790. The lowest BCUT2D eigenvalue weighted by Crippen LogP contribution is -2.16. The van der Waals surface area contributed by atoms with E-state index in [2.05, 4.69) is 27.6 Å². The summed E-state index contributed by atoms with van der Waals surface area (Å²) in [6.45, 7) is 5.31. The molecule has 0 rings (SSSR count). The number of hydrogen-bond donors (Lipinski definition) is 0. The quantitative estimate of drug-likeness (QED) is 0.475. The normalized spacial score (nSPS) is 17.4. The molecule has 0 aromatic rings. The van der Waals surface area contributed by atoms with Crippen molar-refractivity contribution >= 4 is 22.6 Å². The van der Waals surface area contributed by atoms with Gasteiger partial charge in [-0.15, -0.1) is 0 Å². The maximum atomic E-state index is 4.88. The first kappa shape index (κ1) is 8.11. The van der Waals surface area contributed by atoms with Crippen LogP contribution in [0.15, 0.2) is 4.99 Å². The number of alkyl halides is 1. The van der Waals surface area contributed by atoms with Crippen LogP contribution in [0, 0.1) is 0 Å². The molecule has 2 atom stereocenters. The predicted octanol–water partition coefficient (Wildman–Crippen LogP) is 1.44. The third kappa shape index (κ3) is 2.43. The lowest BCUT2D eigenvalue weighted by molar-refractivity contribution is 0.114. The molecule has 3 heteroatoms. The smallest absolute Gasteiger partial charge is 0.159 e. The van der Waals surface area contributed by atoms with E-state index >= 15 is 0 Å². The van der Waals surface area contributed by atoms with Crippen molar-refractivity contribution in [2.24, 2.45) is 4.99 Å². The molecule has 0 aliphatic carbocycles. The van der Waals surface area contributed by atoms with Crippen molar-refractivity contribution in [2.45, 2.75) is 18.0 Å². The van der Waals surface area contributed by atoms with Gasteiger partial charge in [0.2, 0.25) is 0 Å². The summed E-state index contributed by atoms with van der Waals surface area (Å²) in [7, 11) is 1.61. The molecule has 0 aliphatic rings. The van der Waals surface area contributed by atoms with Crippen LogP contribution in [-0.4, -0.2) is 24.9 Å². The van der Waals surface area contributed by atoms with Crippen molar-refractivity contribution in [3.05, 3.63) is 0 Å².